The SMILES string of the molecule is CC[C@@H](Oc1ccc(F)cc1)C(=O)Nc1ccccc1Sc1ccccc1. The average Bonchev–Trinajstić information content (AvgIpc) is 2.70. The van der Waals surface area contributed by atoms with Gasteiger partial charge in [0.25, 0.3) is 5.91 Å². The highest BCUT2D eigenvalue weighted by atomic mass is 32.2. The molecule has 0 unspecified atom stereocenters. The van der Waals surface area contributed by atoms with Crippen LogP contribution in [0.4, 0.5) is 10.1 Å². The normalized spacial score (nSPS) is 11.6. The fourth-order valence-electron chi connectivity index (χ4n) is 2.49. The van der Waals surface area contributed by atoms with Gasteiger partial charge in [-0.2, -0.15) is 0 Å². The number of anilines is 1. The van der Waals surface area contributed by atoms with Crippen LogP contribution >= 0.6 is 11.8 Å². The van der Waals surface area contributed by atoms with Gasteiger partial charge in [-0.05, 0) is 55.0 Å². The molecule has 3 nitrogen and oxygen atoms in total. The predicted octanol–water partition coefficient (Wildman–Crippen LogP) is 5.77. The van der Waals surface area contributed by atoms with Crippen LogP contribution in [0, 0.1) is 5.82 Å². The van der Waals surface area contributed by atoms with Gasteiger partial charge in [0, 0.05) is 9.79 Å². The second kappa shape index (κ2) is 9.24. The van der Waals surface area contributed by atoms with Gasteiger partial charge in [-0.3, -0.25) is 4.79 Å². The van der Waals surface area contributed by atoms with Gasteiger partial charge in [0.1, 0.15) is 11.6 Å². The lowest BCUT2D eigenvalue weighted by atomic mass is 10.2. The van der Waals surface area contributed by atoms with Crippen molar-refractivity contribution >= 4 is 23.4 Å². The van der Waals surface area contributed by atoms with Crippen LogP contribution in [0.2, 0.25) is 0 Å². The number of benzene rings is 3. The Balaban J connectivity index is 1.71. The maximum Gasteiger partial charge on any atom is 0.265 e. The first-order valence-corrected chi connectivity index (χ1v) is 9.52. The minimum atomic E-state index is -0.662. The number of hydrogen-bond acceptors (Lipinski definition) is 3. The molecule has 0 fully saturated rings. The summed E-state index contributed by atoms with van der Waals surface area (Å²) in [6, 6.07) is 23.3. The Labute approximate surface area is 162 Å². The van der Waals surface area contributed by atoms with Gasteiger partial charge in [-0.1, -0.05) is 49.0 Å². The quantitative estimate of drug-likeness (QED) is 0.564. The highest BCUT2D eigenvalue weighted by Crippen LogP contribution is 2.33. The van der Waals surface area contributed by atoms with Crippen molar-refractivity contribution in [3.8, 4) is 5.75 Å². The maximum absolute atomic E-state index is 13.0. The van der Waals surface area contributed by atoms with E-state index in [2.05, 4.69) is 5.32 Å². The van der Waals surface area contributed by atoms with Crippen LogP contribution in [0.5, 0.6) is 5.75 Å². The molecule has 5 heteroatoms. The Bertz CT molecular complexity index is 884. The average molecular weight is 381 g/mol. The van der Waals surface area contributed by atoms with Gasteiger partial charge in [0.2, 0.25) is 0 Å². The minimum Gasteiger partial charge on any atom is -0.481 e. The van der Waals surface area contributed by atoms with Crippen molar-refractivity contribution in [3.05, 3.63) is 84.7 Å². The van der Waals surface area contributed by atoms with Crippen LogP contribution in [-0.2, 0) is 4.79 Å². The number of rotatable bonds is 7. The summed E-state index contributed by atoms with van der Waals surface area (Å²) in [6.07, 6.45) is -0.165. The Morgan fingerprint density at radius 2 is 1.67 bits per heavy atom. The molecule has 0 saturated heterocycles. The lowest BCUT2D eigenvalue weighted by Crippen LogP contribution is -2.32. The van der Waals surface area contributed by atoms with E-state index in [1.54, 1.807) is 11.8 Å². The molecule has 0 bridgehead atoms. The standard InChI is InChI=1S/C22H20FNO2S/c1-2-20(26-17-14-12-16(23)13-15-17)22(25)24-19-10-6-7-11-21(19)27-18-8-4-3-5-9-18/h3-15,20H,2H2,1H3,(H,24,25)/t20-/m1/s1. The molecule has 1 N–H and O–H groups in total. The Hall–Kier alpha value is -2.79. The third kappa shape index (κ3) is 5.34. The van der Waals surface area contributed by atoms with Gasteiger partial charge in [0.15, 0.2) is 6.10 Å². The fourth-order valence-corrected chi connectivity index (χ4v) is 3.41. The van der Waals surface area contributed by atoms with E-state index in [1.807, 2.05) is 61.5 Å². The fraction of sp³-hybridized carbons (Fsp3) is 0.136. The molecule has 0 radical (unpaired) electrons. The van der Waals surface area contributed by atoms with Crippen molar-refractivity contribution in [3.63, 3.8) is 0 Å². The third-order valence-corrected chi connectivity index (χ3v) is 4.95. The van der Waals surface area contributed by atoms with E-state index in [1.165, 1.54) is 24.3 Å². The Morgan fingerprint density at radius 3 is 2.37 bits per heavy atom. The first kappa shape index (κ1) is 19.0. The zero-order valence-electron chi connectivity index (χ0n) is 14.9. The molecule has 1 atom stereocenters. The van der Waals surface area contributed by atoms with E-state index in [9.17, 15) is 9.18 Å². The molecule has 0 aromatic heterocycles. The molecular formula is C22H20FNO2S. The summed E-state index contributed by atoms with van der Waals surface area (Å²) < 4.78 is 18.8. The number of carbonyl (C=O) groups is 1. The highest BCUT2D eigenvalue weighted by Gasteiger charge is 2.19. The number of halogens is 1. The van der Waals surface area contributed by atoms with Crippen LogP contribution in [-0.4, -0.2) is 12.0 Å². The topological polar surface area (TPSA) is 38.3 Å². The molecule has 3 rings (SSSR count). The summed E-state index contributed by atoms with van der Waals surface area (Å²) in [5, 5.41) is 2.95. The van der Waals surface area contributed by atoms with Crippen molar-refractivity contribution in [2.75, 3.05) is 5.32 Å². The summed E-state index contributed by atoms with van der Waals surface area (Å²) in [5.74, 6) is -0.111. The second-order valence-electron chi connectivity index (χ2n) is 5.87. The van der Waals surface area contributed by atoms with Crippen LogP contribution in [0.25, 0.3) is 0 Å². The van der Waals surface area contributed by atoms with Crippen molar-refractivity contribution in [2.24, 2.45) is 0 Å². The zero-order valence-corrected chi connectivity index (χ0v) is 15.7. The van der Waals surface area contributed by atoms with Crippen molar-refractivity contribution in [2.45, 2.75) is 29.2 Å². The maximum atomic E-state index is 13.0. The molecule has 1 amide bonds. The number of carbonyl (C=O) groups excluding carboxylic acids is 1. The van der Waals surface area contributed by atoms with E-state index >= 15 is 0 Å². The molecule has 0 aliphatic rings. The van der Waals surface area contributed by atoms with Gasteiger partial charge in [-0.25, -0.2) is 4.39 Å². The van der Waals surface area contributed by atoms with Gasteiger partial charge in [-0.15, -0.1) is 0 Å². The summed E-state index contributed by atoms with van der Waals surface area (Å²) in [4.78, 5) is 14.7. The lowest BCUT2D eigenvalue weighted by molar-refractivity contribution is -0.122. The highest BCUT2D eigenvalue weighted by molar-refractivity contribution is 7.99. The van der Waals surface area contributed by atoms with Crippen molar-refractivity contribution < 1.29 is 13.9 Å². The van der Waals surface area contributed by atoms with E-state index < -0.39 is 6.10 Å². The Morgan fingerprint density at radius 1 is 1.00 bits per heavy atom. The van der Waals surface area contributed by atoms with E-state index in [0.717, 1.165) is 15.5 Å². The van der Waals surface area contributed by atoms with Gasteiger partial charge < -0.3 is 10.1 Å². The number of amides is 1. The molecular weight excluding hydrogens is 361 g/mol. The van der Waals surface area contributed by atoms with Gasteiger partial charge >= 0.3 is 0 Å². The van der Waals surface area contributed by atoms with E-state index in [4.69, 9.17) is 4.74 Å². The van der Waals surface area contributed by atoms with Crippen molar-refractivity contribution in [1.29, 1.82) is 0 Å². The molecule has 0 aliphatic carbocycles. The lowest BCUT2D eigenvalue weighted by Gasteiger charge is -2.18. The first-order valence-electron chi connectivity index (χ1n) is 8.70. The van der Waals surface area contributed by atoms with Crippen LogP contribution in [0.3, 0.4) is 0 Å². The molecule has 0 heterocycles. The largest absolute Gasteiger partial charge is 0.481 e. The number of para-hydroxylation sites is 1. The molecule has 3 aromatic carbocycles. The summed E-state index contributed by atoms with van der Waals surface area (Å²) >= 11 is 1.58. The van der Waals surface area contributed by atoms with Crippen LogP contribution in [0.15, 0.2) is 88.7 Å². The molecule has 0 spiro atoms. The molecule has 0 saturated carbocycles. The van der Waals surface area contributed by atoms with E-state index in [-0.39, 0.29) is 11.7 Å². The first-order chi connectivity index (χ1) is 13.2. The van der Waals surface area contributed by atoms with Crippen molar-refractivity contribution in [1.82, 2.24) is 0 Å². The summed E-state index contributed by atoms with van der Waals surface area (Å²) in [5.41, 5.74) is 0.734. The molecule has 27 heavy (non-hydrogen) atoms. The number of nitrogens with one attached hydrogen (secondary N) is 1. The van der Waals surface area contributed by atoms with Crippen LogP contribution < -0.4 is 10.1 Å². The van der Waals surface area contributed by atoms with Crippen LogP contribution in [0.1, 0.15) is 13.3 Å². The number of ether oxygens (including phenoxy) is 1. The Kier molecular flexibility index (Phi) is 6.49. The smallest absolute Gasteiger partial charge is 0.265 e. The summed E-state index contributed by atoms with van der Waals surface area (Å²) in [7, 11) is 0. The molecule has 3 aromatic rings. The second-order valence-corrected chi connectivity index (χ2v) is 6.98. The molecule has 0 aliphatic heterocycles. The summed E-state index contributed by atoms with van der Waals surface area (Å²) in [6.45, 7) is 1.87. The van der Waals surface area contributed by atoms with Gasteiger partial charge in [0.05, 0.1) is 5.69 Å². The predicted molar refractivity (Wildman–Crippen MR) is 107 cm³/mol. The number of hydrogen-bond donors (Lipinski definition) is 1. The monoisotopic (exact) mass is 381 g/mol. The molecule has 138 valence electrons. The zero-order chi connectivity index (χ0) is 19.1. The minimum absolute atomic E-state index is 0.233. The van der Waals surface area contributed by atoms with E-state index in [0.29, 0.717) is 12.2 Å². The third-order valence-electron chi connectivity index (χ3n) is 3.87.